The molecule has 0 unspecified atom stereocenters. The van der Waals surface area contributed by atoms with Crippen molar-refractivity contribution in [3.63, 3.8) is 0 Å². The Bertz CT molecular complexity index is 1190. The van der Waals surface area contributed by atoms with Crippen molar-refractivity contribution in [2.24, 2.45) is 0 Å². The zero-order valence-corrected chi connectivity index (χ0v) is 21.9. The van der Waals surface area contributed by atoms with Gasteiger partial charge in [0.05, 0.1) is 31.2 Å². The average molecular weight is 597 g/mol. The number of nitrogens with zero attached hydrogens (tertiary/aromatic N) is 1. The van der Waals surface area contributed by atoms with E-state index in [0.29, 0.717) is 10.6 Å². The Labute approximate surface area is 217 Å². The van der Waals surface area contributed by atoms with Gasteiger partial charge in [-0.25, -0.2) is 4.79 Å². The van der Waals surface area contributed by atoms with Gasteiger partial charge in [-0.3, -0.25) is 19.3 Å². The molecule has 0 fully saturated rings. The van der Waals surface area contributed by atoms with Crippen LogP contribution in [-0.2, 0) is 14.3 Å². The van der Waals surface area contributed by atoms with Gasteiger partial charge in [0.2, 0.25) is 0 Å². The van der Waals surface area contributed by atoms with Gasteiger partial charge in [-0.15, -0.1) is 0 Å². The molecular formula is C21H15BrCl4N2O5. The number of rotatable bonds is 5. The molecule has 3 amide bonds. The lowest BCUT2D eigenvalue weighted by molar-refractivity contribution is -0.150. The number of benzene rings is 2. The van der Waals surface area contributed by atoms with Crippen LogP contribution in [0.1, 0.15) is 38.8 Å². The maximum Gasteiger partial charge on any atom is 0.329 e. The molecule has 0 radical (unpaired) electrons. The number of fused-ring (bicyclic) bond motifs is 1. The predicted molar refractivity (Wildman–Crippen MR) is 130 cm³/mol. The number of ether oxygens (including phenoxy) is 1. The molecule has 0 aromatic heterocycles. The van der Waals surface area contributed by atoms with Gasteiger partial charge in [-0.05, 0) is 44.0 Å². The maximum absolute atomic E-state index is 12.8. The van der Waals surface area contributed by atoms with Crippen LogP contribution in [0.4, 0.5) is 5.69 Å². The lowest BCUT2D eigenvalue weighted by Crippen LogP contribution is -2.44. The van der Waals surface area contributed by atoms with Gasteiger partial charge >= 0.3 is 5.97 Å². The zero-order valence-electron chi connectivity index (χ0n) is 17.3. The monoisotopic (exact) mass is 594 g/mol. The summed E-state index contributed by atoms with van der Waals surface area (Å²) in [5, 5.41) is 1.79. The molecule has 0 aliphatic carbocycles. The summed E-state index contributed by atoms with van der Waals surface area (Å²) < 4.78 is 5.91. The second-order valence-corrected chi connectivity index (χ2v) is 9.53. The summed E-state index contributed by atoms with van der Waals surface area (Å²) in [4.78, 5) is 51.1. The van der Waals surface area contributed by atoms with Gasteiger partial charge < -0.3 is 10.1 Å². The molecule has 0 bridgehead atoms. The first-order valence-corrected chi connectivity index (χ1v) is 11.6. The summed E-state index contributed by atoms with van der Waals surface area (Å²) in [7, 11) is 0. The highest BCUT2D eigenvalue weighted by molar-refractivity contribution is 9.10. The first-order chi connectivity index (χ1) is 15.4. The van der Waals surface area contributed by atoms with E-state index in [1.165, 1.54) is 6.92 Å². The third-order valence-corrected chi connectivity index (χ3v) is 7.86. The molecule has 7 nitrogen and oxygen atoms in total. The van der Waals surface area contributed by atoms with Crippen molar-refractivity contribution in [2.45, 2.75) is 26.8 Å². The van der Waals surface area contributed by atoms with E-state index in [-0.39, 0.29) is 31.2 Å². The van der Waals surface area contributed by atoms with Crippen LogP contribution in [0.5, 0.6) is 0 Å². The molecule has 2 aromatic rings. The number of imide groups is 1. The third-order valence-electron chi connectivity index (χ3n) is 5.20. The minimum Gasteiger partial charge on any atom is -0.454 e. The third kappa shape index (κ3) is 4.59. The number of esters is 1. The van der Waals surface area contributed by atoms with Gasteiger partial charge in [0, 0.05) is 10.2 Å². The molecule has 0 saturated carbocycles. The summed E-state index contributed by atoms with van der Waals surface area (Å²) in [6.45, 7) is 4.37. The van der Waals surface area contributed by atoms with Crippen molar-refractivity contribution in [3.8, 4) is 0 Å². The van der Waals surface area contributed by atoms with E-state index in [1.807, 2.05) is 13.8 Å². The molecule has 2 aromatic carbocycles. The molecule has 174 valence electrons. The fraction of sp³-hybridized carbons (Fsp3) is 0.238. The Morgan fingerprint density at radius 2 is 1.48 bits per heavy atom. The van der Waals surface area contributed by atoms with Crippen LogP contribution in [0.25, 0.3) is 0 Å². The molecule has 12 heteroatoms. The highest BCUT2D eigenvalue weighted by Gasteiger charge is 2.45. The highest BCUT2D eigenvalue weighted by Crippen LogP contribution is 2.45. The van der Waals surface area contributed by atoms with Gasteiger partial charge in [0.1, 0.15) is 6.04 Å². The summed E-state index contributed by atoms with van der Waals surface area (Å²) in [6, 6.07) is 2.12. The quantitative estimate of drug-likeness (QED) is 0.202. The maximum atomic E-state index is 12.8. The summed E-state index contributed by atoms with van der Waals surface area (Å²) >= 11 is 27.6. The summed E-state index contributed by atoms with van der Waals surface area (Å²) in [5.41, 5.74) is 1.85. The van der Waals surface area contributed by atoms with Gasteiger partial charge in [0.25, 0.3) is 17.7 Å². The molecule has 1 N–H and O–H groups in total. The lowest BCUT2D eigenvalue weighted by atomic mass is 10.1. The molecule has 3 rings (SSSR count). The number of nitrogens with one attached hydrogen (secondary N) is 1. The molecule has 0 spiro atoms. The van der Waals surface area contributed by atoms with E-state index in [2.05, 4.69) is 21.2 Å². The number of hydrogen-bond donors (Lipinski definition) is 1. The van der Waals surface area contributed by atoms with Crippen molar-refractivity contribution in [3.05, 3.63) is 58.9 Å². The molecule has 1 atom stereocenters. The van der Waals surface area contributed by atoms with Crippen LogP contribution < -0.4 is 5.32 Å². The number of carbonyl (C=O) groups excluding carboxylic acids is 4. The van der Waals surface area contributed by atoms with Crippen molar-refractivity contribution in [2.75, 3.05) is 11.9 Å². The van der Waals surface area contributed by atoms with Crippen molar-refractivity contribution >= 4 is 91.7 Å². The predicted octanol–water partition coefficient (Wildman–Crippen LogP) is 5.85. The number of anilines is 1. The Hall–Kier alpha value is -1.84. The van der Waals surface area contributed by atoms with Gasteiger partial charge in [-0.1, -0.05) is 62.3 Å². The van der Waals surface area contributed by atoms with Crippen LogP contribution in [0.3, 0.4) is 0 Å². The molecule has 1 aliphatic heterocycles. The SMILES string of the molecule is Cc1c(Br)ccc(NC(=O)COC(=O)[C@@H](C)N2C(=O)c3c(Cl)c(Cl)c(Cl)c(Cl)c3C2=O)c1C. The van der Waals surface area contributed by atoms with Crippen molar-refractivity contribution < 1.29 is 23.9 Å². The van der Waals surface area contributed by atoms with Crippen LogP contribution in [0, 0.1) is 13.8 Å². The normalized spacial score (nSPS) is 13.8. The molecule has 1 heterocycles. The van der Waals surface area contributed by atoms with Crippen LogP contribution in [0.2, 0.25) is 20.1 Å². The summed E-state index contributed by atoms with van der Waals surface area (Å²) in [6.07, 6.45) is 0. The number of halogens is 5. The van der Waals surface area contributed by atoms with Gasteiger partial charge in [-0.2, -0.15) is 0 Å². The van der Waals surface area contributed by atoms with Crippen LogP contribution >= 0.6 is 62.3 Å². The average Bonchev–Trinajstić information content (AvgIpc) is 3.04. The number of carbonyl (C=O) groups is 4. The highest BCUT2D eigenvalue weighted by atomic mass is 79.9. The molecule has 33 heavy (non-hydrogen) atoms. The second-order valence-electron chi connectivity index (χ2n) is 7.16. The number of amides is 3. The summed E-state index contributed by atoms with van der Waals surface area (Å²) in [5.74, 6) is -3.33. The van der Waals surface area contributed by atoms with E-state index in [4.69, 9.17) is 51.1 Å². The number of hydrogen-bond acceptors (Lipinski definition) is 5. The van der Waals surface area contributed by atoms with E-state index < -0.39 is 36.3 Å². The Balaban J connectivity index is 1.72. The Morgan fingerprint density at radius 3 is 2.00 bits per heavy atom. The first kappa shape index (κ1) is 25.8. The minimum absolute atomic E-state index is 0.185. The largest absolute Gasteiger partial charge is 0.454 e. The Kier molecular flexibility index (Phi) is 7.65. The zero-order chi connectivity index (χ0) is 24.8. The molecule has 1 aliphatic rings. The van der Waals surface area contributed by atoms with Gasteiger partial charge in [0.15, 0.2) is 6.61 Å². The smallest absolute Gasteiger partial charge is 0.329 e. The standard InChI is InChI=1S/C21H15BrCl4N2O5/c1-7-8(2)11(5-4-10(7)22)27-12(29)6-33-21(32)9(3)28-19(30)13-14(20(28)31)16(24)18(26)17(25)15(13)23/h4-5,9H,6H2,1-3H3,(H,27,29)/t9-/m1/s1. The first-order valence-electron chi connectivity index (χ1n) is 9.34. The van der Waals surface area contributed by atoms with Crippen LogP contribution in [-0.4, -0.2) is 41.2 Å². The second kappa shape index (κ2) is 9.80. The fourth-order valence-corrected chi connectivity index (χ4v) is 4.63. The van der Waals surface area contributed by atoms with E-state index in [1.54, 1.807) is 12.1 Å². The van der Waals surface area contributed by atoms with Crippen LogP contribution in [0.15, 0.2) is 16.6 Å². The minimum atomic E-state index is -1.37. The van der Waals surface area contributed by atoms with E-state index >= 15 is 0 Å². The topological polar surface area (TPSA) is 92.8 Å². The van der Waals surface area contributed by atoms with Crippen molar-refractivity contribution in [1.29, 1.82) is 0 Å². The van der Waals surface area contributed by atoms with E-state index in [9.17, 15) is 19.2 Å². The molecule has 0 saturated heterocycles. The molecular weight excluding hydrogens is 582 g/mol. The Morgan fingerprint density at radius 1 is 0.970 bits per heavy atom. The fourth-order valence-electron chi connectivity index (χ4n) is 3.19. The lowest BCUT2D eigenvalue weighted by Gasteiger charge is -2.21. The van der Waals surface area contributed by atoms with Crippen molar-refractivity contribution in [1.82, 2.24) is 4.90 Å². The van der Waals surface area contributed by atoms with E-state index in [0.717, 1.165) is 15.6 Å².